The van der Waals surface area contributed by atoms with Gasteiger partial charge in [-0.05, 0) is 23.8 Å². The summed E-state index contributed by atoms with van der Waals surface area (Å²) in [5.74, 6) is -0.411. The van der Waals surface area contributed by atoms with Gasteiger partial charge in [-0.15, -0.1) is 0 Å². The van der Waals surface area contributed by atoms with Crippen LogP contribution in [0, 0.1) is 0 Å². The smallest absolute Gasteiger partial charge is 0.171 e. The number of carbonyl (C=O) groups excluding carboxylic acids is 1. The second-order valence-electron chi connectivity index (χ2n) is 4.19. The fraction of sp³-hybridized carbons (Fsp3) is 0.133. The summed E-state index contributed by atoms with van der Waals surface area (Å²) in [6, 6.07) is 14.3. The van der Waals surface area contributed by atoms with E-state index in [9.17, 15) is 4.79 Å². The Morgan fingerprint density at radius 2 is 1.74 bits per heavy atom. The Morgan fingerprint density at radius 1 is 1.05 bits per heavy atom. The van der Waals surface area contributed by atoms with E-state index in [0.717, 1.165) is 5.56 Å². The van der Waals surface area contributed by atoms with E-state index < -0.39 is 0 Å². The summed E-state index contributed by atoms with van der Waals surface area (Å²) in [5, 5.41) is 0.804. The van der Waals surface area contributed by atoms with Gasteiger partial charge in [0.15, 0.2) is 5.78 Å². The van der Waals surface area contributed by atoms with E-state index in [4.69, 9.17) is 28.9 Å². The van der Waals surface area contributed by atoms with Crippen LogP contribution < -0.4 is 5.73 Å². The normalized spacial score (nSPS) is 12.2. The lowest BCUT2D eigenvalue weighted by Gasteiger charge is -2.14. The molecule has 19 heavy (non-hydrogen) atoms. The zero-order chi connectivity index (χ0) is 13.8. The lowest BCUT2D eigenvalue weighted by molar-refractivity contribution is 0.0962. The minimum atomic E-state index is -0.363. The van der Waals surface area contributed by atoms with Gasteiger partial charge >= 0.3 is 0 Å². The number of ketones is 1. The van der Waals surface area contributed by atoms with Crippen LogP contribution in [0.4, 0.5) is 0 Å². The maximum atomic E-state index is 12.5. The first-order chi connectivity index (χ1) is 9.13. The lowest BCUT2D eigenvalue weighted by atomic mass is 9.91. The molecule has 0 spiro atoms. The number of rotatable bonds is 4. The Hall–Kier alpha value is -1.35. The van der Waals surface area contributed by atoms with Crippen molar-refractivity contribution >= 4 is 29.0 Å². The highest BCUT2D eigenvalue weighted by Crippen LogP contribution is 2.26. The molecule has 2 rings (SSSR count). The predicted molar refractivity (Wildman–Crippen MR) is 79.0 cm³/mol. The second kappa shape index (κ2) is 6.20. The molecule has 2 nitrogen and oxygen atoms in total. The summed E-state index contributed by atoms with van der Waals surface area (Å²) in [7, 11) is 0. The molecule has 0 fully saturated rings. The molecule has 0 radical (unpaired) electrons. The second-order valence-corrected chi connectivity index (χ2v) is 5.01. The van der Waals surface area contributed by atoms with Gasteiger partial charge in [-0.25, -0.2) is 0 Å². The Labute approximate surface area is 122 Å². The molecule has 1 unspecified atom stereocenters. The predicted octanol–water partition coefficient (Wildman–Crippen LogP) is 3.92. The van der Waals surface area contributed by atoms with Gasteiger partial charge in [-0.1, -0.05) is 53.5 Å². The van der Waals surface area contributed by atoms with Gasteiger partial charge in [-0.3, -0.25) is 4.79 Å². The molecule has 0 saturated heterocycles. The molecular formula is C15H13Cl2NO. The van der Waals surface area contributed by atoms with Crippen LogP contribution in [0.15, 0.2) is 48.5 Å². The van der Waals surface area contributed by atoms with Gasteiger partial charge in [0.25, 0.3) is 0 Å². The van der Waals surface area contributed by atoms with E-state index in [1.165, 1.54) is 0 Å². The van der Waals surface area contributed by atoms with Crippen molar-refractivity contribution in [3.63, 3.8) is 0 Å². The van der Waals surface area contributed by atoms with Crippen molar-refractivity contribution in [3.05, 3.63) is 69.7 Å². The largest absolute Gasteiger partial charge is 0.329 e. The summed E-state index contributed by atoms with van der Waals surface area (Å²) >= 11 is 11.8. The zero-order valence-electron chi connectivity index (χ0n) is 10.1. The third kappa shape index (κ3) is 3.16. The number of nitrogens with two attached hydrogens (primary N) is 1. The molecule has 0 aromatic heterocycles. The van der Waals surface area contributed by atoms with Gasteiger partial charge < -0.3 is 5.73 Å². The van der Waals surface area contributed by atoms with E-state index in [1.54, 1.807) is 18.2 Å². The van der Waals surface area contributed by atoms with Gasteiger partial charge in [0.2, 0.25) is 0 Å². The molecule has 0 aliphatic heterocycles. The van der Waals surface area contributed by atoms with Crippen LogP contribution in [0.25, 0.3) is 0 Å². The Balaban J connectivity index is 2.33. The highest BCUT2D eigenvalue weighted by Gasteiger charge is 2.20. The Kier molecular flexibility index (Phi) is 4.59. The molecule has 1 atom stereocenters. The average Bonchev–Trinajstić information content (AvgIpc) is 2.44. The van der Waals surface area contributed by atoms with Gasteiger partial charge in [0.1, 0.15) is 0 Å². The first-order valence-electron chi connectivity index (χ1n) is 5.87. The van der Waals surface area contributed by atoms with Crippen LogP contribution in [0.3, 0.4) is 0 Å². The highest BCUT2D eigenvalue weighted by molar-refractivity contribution is 6.42. The molecular weight excluding hydrogens is 281 g/mol. The minimum absolute atomic E-state index is 0.0488. The molecule has 0 heterocycles. The van der Waals surface area contributed by atoms with Crippen LogP contribution in [-0.2, 0) is 0 Å². The first kappa shape index (κ1) is 14.1. The third-order valence-electron chi connectivity index (χ3n) is 2.96. The van der Waals surface area contributed by atoms with E-state index in [1.807, 2.05) is 30.3 Å². The van der Waals surface area contributed by atoms with Crippen molar-refractivity contribution in [2.45, 2.75) is 5.92 Å². The van der Waals surface area contributed by atoms with Crippen molar-refractivity contribution in [2.24, 2.45) is 5.73 Å². The number of halogens is 2. The molecule has 98 valence electrons. The quantitative estimate of drug-likeness (QED) is 0.868. The molecule has 0 aliphatic carbocycles. The maximum absolute atomic E-state index is 12.5. The number of hydrogen-bond acceptors (Lipinski definition) is 2. The molecule has 2 N–H and O–H groups in total. The van der Waals surface area contributed by atoms with Crippen LogP contribution in [0.2, 0.25) is 10.0 Å². The average molecular weight is 294 g/mol. The number of benzene rings is 2. The van der Waals surface area contributed by atoms with Gasteiger partial charge in [0, 0.05) is 12.1 Å². The van der Waals surface area contributed by atoms with E-state index in [0.29, 0.717) is 15.6 Å². The van der Waals surface area contributed by atoms with E-state index in [-0.39, 0.29) is 18.2 Å². The third-order valence-corrected chi connectivity index (χ3v) is 3.70. The van der Waals surface area contributed by atoms with Crippen LogP contribution in [-0.4, -0.2) is 12.3 Å². The highest BCUT2D eigenvalue weighted by atomic mass is 35.5. The number of carbonyl (C=O) groups is 1. The topological polar surface area (TPSA) is 43.1 Å². The molecule has 2 aromatic rings. The van der Waals surface area contributed by atoms with Gasteiger partial charge in [0.05, 0.1) is 16.0 Å². The van der Waals surface area contributed by atoms with E-state index in [2.05, 4.69) is 0 Å². The fourth-order valence-electron chi connectivity index (χ4n) is 1.93. The lowest BCUT2D eigenvalue weighted by Crippen LogP contribution is -2.21. The van der Waals surface area contributed by atoms with Crippen molar-refractivity contribution in [3.8, 4) is 0 Å². The van der Waals surface area contributed by atoms with Crippen molar-refractivity contribution < 1.29 is 4.79 Å². The van der Waals surface area contributed by atoms with E-state index >= 15 is 0 Å². The van der Waals surface area contributed by atoms with Gasteiger partial charge in [-0.2, -0.15) is 0 Å². The molecule has 2 aromatic carbocycles. The standard InChI is InChI=1S/C15H13Cl2NO/c16-13-7-6-11(8-14(13)17)15(19)12(9-18)10-4-2-1-3-5-10/h1-8,12H,9,18H2. The van der Waals surface area contributed by atoms with Crippen molar-refractivity contribution in [1.29, 1.82) is 0 Å². The number of Topliss-reactive ketones (excluding diaryl/α,β-unsaturated/α-hetero) is 1. The molecule has 0 saturated carbocycles. The Bertz CT molecular complexity index is 584. The summed E-state index contributed by atoms with van der Waals surface area (Å²) in [4.78, 5) is 12.5. The summed E-state index contributed by atoms with van der Waals surface area (Å²) < 4.78 is 0. The van der Waals surface area contributed by atoms with Crippen LogP contribution >= 0.6 is 23.2 Å². The van der Waals surface area contributed by atoms with Crippen LogP contribution in [0.1, 0.15) is 21.8 Å². The molecule has 0 bridgehead atoms. The SMILES string of the molecule is NCC(C(=O)c1ccc(Cl)c(Cl)c1)c1ccccc1. The molecule has 4 heteroatoms. The molecule has 0 aliphatic rings. The number of hydrogen-bond donors (Lipinski definition) is 1. The zero-order valence-corrected chi connectivity index (χ0v) is 11.7. The molecule has 0 amide bonds. The maximum Gasteiger partial charge on any atom is 0.171 e. The summed E-state index contributed by atoms with van der Waals surface area (Å²) in [6.07, 6.45) is 0. The fourth-order valence-corrected chi connectivity index (χ4v) is 2.23. The summed E-state index contributed by atoms with van der Waals surface area (Å²) in [5.41, 5.74) is 7.16. The van der Waals surface area contributed by atoms with Crippen molar-refractivity contribution in [2.75, 3.05) is 6.54 Å². The monoisotopic (exact) mass is 293 g/mol. The Morgan fingerprint density at radius 3 is 2.32 bits per heavy atom. The minimum Gasteiger partial charge on any atom is -0.329 e. The summed E-state index contributed by atoms with van der Waals surface area (Å²) in [6.45, 7) is 0.253. The van der Waals surface area contributed by atoms with Crippen molar-refractivity contribution in [1.82, 2.24) is 0 Å². The first-order valence-corrected chi connectivity index (χ1v) is 6.63. The van der Waals surface area contributed by atoms with Crippen LogP contribution in [0.5, 0.6) is 0 Å².